The fourth-order valence-electron chi connectivity index (χ4n) is 1.42. The average molecular weight is 225 g/mol. The molecule has 0 bridgehead atoms. The van der Waals surface area contributed by atoms with E-state index in [1.807, 2.05) is 13.2 Å². The van der Waals surface area contributed by atoms with Crippen LogP contribution in [0.5, 0.6) is 0 Å². The summed E-state index contributed by atoms with van der Waals surface area (Å²) in [5, 5.41) is 14.6. The maximum absolute atomic E-state index is 4.01. The van der Waals surface area contributed by atoms with Crippen molar-refractivity contribution >= 4 is 0 Å². The predicted octanol–water partition coefficient (Wildman–Crippen LogP) is 0.540. The summed E-state index contributed by atoms with van der Waals surface area (Å²) >= 11 is 0. The third-order valence-electron chi connectivity index (χ3n) is 2.22. The molecule has 16 heavy (non-hydrogen) atoms. The Balaban J connectivity index is 1.92. The van der Waals surface area contributed by atoms with Crippen LogP contribution < -0.4 is 10.6 Å². The zero-order valence-corrected chi connectivity index (χ0v) is 10.5. The Hall–Kier alpha value is -0.940. The molecule has 0 atom stereocenters. The Morgan fingerprint density at radius 2 is 2.06 bits per heavy atom. The summed E-state index contributed by atoms with van der Waals surface area (Å²) in [5.74, 6) is 0.729. The smallest absolute Gasteiger partial charge is 0.0964 e. The van der Waals surface area contributed by atoms with Gasteiger partial charge in [0.2, 0.25) is 0 Å². The highest BCUT2D eigenvalue weighted by molar-refractivity contribution is 4.90. The Morgan fingerprint density at radius 1 is 1.31 bits per heavy atom. The maximum atomic E-state index is 4.01. The van der Waals surface area contributed by atoms with Crippen molar-refractivity contribution in [3.05, 3.63) is 11.9 Å². The van der Waals surface area contributed by atoms with Crippen LogP contribution in [0.25, 0.3) is 0 Å². The summed E-state index contributed by atoms with van der Waals surface area (Å²) in [6.07, 6.45) is 3.08. The lowest BCUT2D eigenvalue weighted by molar-refractivity contribution is 0.529. The zero-order chi connectivity index (χ0) is 11.8. The summed E-state index contributed by atoms with van der Waals surface area (Å²) in [6, 6.07) is 0. The first-order chi connectivity index (χ1) is 7.68. The minimum Gasteiger partial charge on any atom is -0.316 e. The van der Waals surface area contributed by atoms with E-state index in [9.17, 15) is 0 Å². The molecule has 0 aliphatic carbocycles. The number of hydrogen-bond acceptors (Lipinski definition) is 4. The van der Waals surface area contributed by atoms with Crippen LogP contribution >= 0.6 is 0 Å². The normalized spacial score (nSPS) is 11.2. The molecule has 1 aromatic heterocycles. The molecule has 0 aromatic carbocycles. The van der Waals surface area contributed by atoms with Crippen LogP contribution in [0.3, 0.4) is 0 Å². The van der Waals surface area contributed by atoms with E-state index >= 15 is 0 Å². The molecule has 1 rings (SSSR count). The topological polar surface area (TPSA) is 54.8 Å². The predicted molar refractivity (Wildman–Crippen MR) is 65.0 cm³/mol. The van der Waals surface area contributed by atoms with Crippen LogP contribution in [0.1, 0.15) is 26.0 Å². The molecular formula is C11H23N5. The molecule has 0 radical (unpaired) electrons. The van der Waals surface area contributed by atoms with Crippen molar-refractivity contribution in [2.24, 2.45) is 13.0 Å². The molecule has 92 valence electrons. The quantitative estimate of drug-likeness (QED) is 0.634. The van der Waals surface area contributed by atoms with Gasteiger partial charge in [-0.05, 0) is 32.0 Å². The SMILES string of the molecule is CC(C)CNCCCNCc1cn(C)nn1. The van der Waals surface area contributed by atoms with Crippen molar-refractivity contribution in [2.75, 3.05) is 19.6 Å². The minimum atomic E-state index is 0.729. The van der Waals surface area contributed by atoms with Crippen LogP contribution in [0, 0.1) is 5.92 Å². The summed E-state index contributed by atoms with van der Waals surface area (Å²) in [6.45, 7) is 8.44. The van der Waals surface area contributed by atoms with E-state index in [0.717, 1.165) is 44.2 Å². The van der Waals surface area contributed by atoms with Crippen molar-refractivity contribution < 1.29 is 0 Å². The number of rotatable bonds is 8. The van der Waals surface area contributed by atoms with Crippen molar-refractivity contribution in [3.63, 3.8) is 0 Å². The summed E-state index contributed by atoms with van der Waals surface area (Å²) in [7, 11) is 1.88. The van der Waals surface area contributed by atoms with Gasteiger partial charge in [-0.15, -0.1) is 5.10 Å². The van der Waals surface area contributed by atoms with Crippen molar-refractivity contribution in [3.8, 4) is 0 Å². The maximum Gasteiger partial charge on any atom is 0.0964 e. The van der Waals surface area contributed by atoms with E-state index < -0.39 is 0 Å². The minimum absolute atomic E-state index is 0.729. The Morgan fingerprint density at radius 3 is 2.69 bits per heavy atom. The van der Waals surface area contributed by atoms with Gasteiger partial charge in [0.25, 0.3) is 0 Å². The van der Waals surface area contributed by atoms with Gasteiger partial charge in [-0.2, -0.15) is 0 Å². The van der Waals surface area contributed by atoms with Gasteiger partial charge in [-0.25, -0.2) is 0 Å². The summed E-state index contributed by atoms with van der Waals surface area (Å²) in [5.41, 5.74) is 0.998. The molecule has 0 amide bonds. The van der Waals surface area contributed by atoms with E-state index in [1.54, 1.807) is 4.68 Å². The molecule has 0 unspecified atom stereocenters. The van der Waals surface area contributed by atoms with E-state index in [2.05, 4.69) is 34.8 Å². The second-order valence-corrected chi connectivity index (χ2v) is 4.51. The number of nitrogens with one attached hydrogen (secondary N) is 2. The van der Waals surface area contributed by atoms with Crippen LogP contribution in [-0.4, -0.2) is 34.6 Å². The van der Waals surface area contributed by atoms with E-state index in [1.165, 1.54) is 0 Å². The Labute approximate surface area is 97.6 Å². The first kappa shape index (κ1) is 13.1. The van der Waals surface area contributed by atoms with Gasteiger partial charge >= 0.3 is 0 Å². The van der Waals surface area contributed by atoms with Crippen LogP contribution in [-0.2, 0) is 13.6 Å². The molecule has 2 N–H and O–H groups in total. The molecule has 0 aliphatic heterocycles. The van der Waals surface area contributed by atoms with Crippen LogP contribution in [0.2, 0.25) is 0 Å². The number of aromatic nitrogens is 3. The molecule has 1 aromatic rings. The van der Waals surface area contributed by atoms with E-state index in [0.29, 0.717) is 0 Å². The monoisotopic (exact) mass is 225 g/mol. The second kappa shape index (κ2) is 7.35. The van der Waals surface area contributed by atoms with Crippen LogP contribution in [0.4, 0.5) is 0 Å². The molecule has 0 spiro atoms. The fourth-order valence-corrected chi connectivity index (χ4v) is 1.42. The van der Waals surface area contributed by atoms with Crippen molar-refractivity contribution in [1.29, 1.82) is 0 Å². The highest BCUT2D eigenvalue weighted by Crippen LogP contribution is 1.90. The molecule has 0 saturated heterocycles. The van der Waals surface area contributed by atoms with Gasteiger partial charge in [0.15, 0.2) is 0 Å². The molecular weight excluding hydrogens is 202 g/mol. The molecule has 5 heteroatoms. The first-order valence-electron chi connectivity index (χ1n) is 5.95. The van der Waals surface area contributed by atoms with Gasteiger partial charge in [0, 0.05) is 19.8 Å². The number of aryl methyl sites for hydroxylation is 1. The highest BCUT2D eigenvalue weighted by Gasteiger charge is 1.97. The fraction of sp³-hybridized carbons (Fsp3) is 0.818. The largest absolute Gasteiger partial charge is 0.316 e. The Kier molecular flexibility index (Phi) is 6.03. The Bertz CT molecular complexity index is 282. The number of nitrogens with zero attached hydrogens (tertiary/aromatic N) is 3. The van der Waals surface area contributed by atoms with Gasteiger partial charge in [0.05, 0.1) is 5.69 Å². The highest BCUT2D eigenvalue weighted by atomic mass is 15.4. The lowest BCUT2D eigenvalue weighted by Crippen LogP contribution is -2.24. The molecule has 0 aliphatic rings. The third-order valence-corrected chi connectivity index (χ3v) is 2.22. The lowest BCUT2D eigenvalue weighted by atomic mass is 10.2. The van der Waals surface area contributed by atoms with E-state index in [4.69, 9.17) is 0 Å². The van der Waals surface area contributed by atoms with Gasteiger partial charge < -0.3 is 10.6 Å². The zero-order valence-electron chi connectivity index (χ0n) is 10.5. The van der Waals surface area contributed by atoms with Crippen molar-refractivity contribution in [2.45, 2.75) is 26.8 Å². The standard InChI is InChI=1S/C11H23N5/c1-10(2)7-12-5-4-6-13-8-11-9-16(3)15-14-11/h9-10,12-13H,4-8H2,1-3H3. The van der Waals surface area contributed by atoms with Crippen molar-refractivity contribution in [1.82, 2.24) is 25.6 Å². The van der Waals surface area contributed by atoms with E-state index in [-0.39, 0.29) is 0 Å². The molecule has 1 heterocycles. The van der Waals surface area contributed by atoms with Gasteiger partial charge in [-0.1, -0.05) is 19.1 Å². The second-order valence-electron chi connectivity index (χ2n) is 4.51. The molecule has 0 saturated carbocycles. The third kappa shape index (κ3) is 5.82. The summed E-state index contributed by atoms with van der Waals surface area (Å²) in [4.78, 5) is 0. The lowest BCUT2D eigenvalue weighted by Gasteiger charge is -2.07. The first-order valence-corrected chi connectivity index (χ1v) is 5.95. The molecule has 5 nitrogen and oxygen atoms in total. The average Bonchev–Trinajstić information content (AvgIpc) is 2.62. The van der Waals surface area contributed by atoms with Crippen LogP contribution in [0.15, 0.2) is 6.20 Å². The number of hydrogen-bond donors (Lipinski definition) is 2. The summed E-state index contributed by atoms with van der Waals surface area (Å²) < 4.78 is 1.72. The van der Waals surface area contributed by atoms with Gasteiger partial charge in [-0.3, -0.25) is 4.68 Å². The molecule has 0 fully saturated rings. The van der Waals surface area contributed by atoms with Gasteiger partial charge in [0.1, 0.15) is 0 Å².